The lowest BCUT2D eigenvalue weighted by Gasteiger charge is -2.29. The first-order valence-corrected chi connectivity index (χ1v) is 5.90. The molecule has 0 fully saturated rings. The molecule has 0 amide bonds. The van der Waals surface area contributed by atoms with Crippen LogP contribution in [-0.2, 0) is 4.79 Å². The van der Waals surface area contributed by atoms with Crippen molar-refractivity contribution in [3.05, 3.63) is 40.4 Å². The summed E-state index contributed by atoms with van der Waals surface area (Å²) < 4.78 is 0. The molecule has 0 saturated heterocycles. The number of aliphatic carboxylic acids is 1. The van der Waals surface area contributed by atoms with Gasteiger partial charge in [0.15, 0.2) is 0 Å². The van der Waals surface area contributed by atoms with E-state index in [2.05, 4.69) is 4.90 Å². The maximum Gasteiger partial charge on any atom is 0.331 e. The number of carboxylic acids is 1. The fourth-order valence-electron chi connectivity index (χ4n) is 2.02. The molecule has 0 atom stereocenters. The molecule has 2 rings (SSSR count). The lowest BCUT2D eigenvalue weighted by Crippen LogP contribution is -2.30. The molecular weight excluding hydrogens is 238 g/mol. The Kier molecular flexibility index (Phi) is 3.38. The van der Waals surface area contributed by atoms with Gasteiger partial charge in [0.1, 0.15) is 0 Å². The van der Waals surface area contributed by atoms with Crippen molar-refractivity contribution in [1.82, 2.24) is 0 Å². The quantitative estimate of drug-likeness (QED) is 0.879. The summed E-state index contributed by atoms with van der Waals surface area (Å²) in [6, 6.07) is 5.80. The van der Waals surface area contributed by atoms with Gasteiger partial charge in [-0.15, -0.1) is 0 Å². The van der Waals surface area contributed by atoms with Gasteiger partial charge in [-0.1, -0.05) is 23.7 Å². The zero-order chi connectivity index (χ0) is 12.4. The number of nitrogens with zero attached hydrogens (tertiary/aromatic N) is 1. The van der Waals surface area contributed by atoms with Crippen LogP contribution in [-0.4, -0.2) is 24.2 Å². The molecule has 0 aliphatic carbocycles. The summed E-state index contributed by atoms with van der Waals surface area (Å²) in [5.41, 5.74) is 2.63. The Hall–Kier alpha value is -1.48. The summed E-state index contributed by atoms with van der Waals surface area (Å²) in [6.07, 6.45) is 2.34. The highest BCUT2D eigenvalue weighted by atomic mass is 35.5. The third-order valence-corrected chi connectivity index (χ3v) is 3.47. The number of carbonyl (C=O) groups is 1. The van der Waals surface area contributed by atoms with Crippen LogP contribution in [0.3, 0.4) is 0 Å². The van der Waals surface area contributed by atoms with E-state index < -0.39 is 5.97 Å². The number of benzene rings is 1. The maximum atomic E-state index is 10.8. The average Bonchev–Trinajstić information content (AvgIpc) is 2.33. The molecule has 4 heteroatoms. The molecule has 1 heterocycles. The lowest BCUT2D eigenvalue weighted by atomic mass is 10.1. The molecule has 1 aliphatic rings. The molecule has 0 saturated carbocycles. The van der Waals surface area contributed by atoms with Gasteiger partial charge in [0, 0.05) is 29.4 Å². The van der Waals surface area contributed by atoms with Crippen molar-refractivity contribution in [2.24, 2.45) is 0 Å². The van der Waals surface area contributed by atoms with E-state index in [4.69, 9.17) is 16.7 Å². The molecule has 90 valence electrons. The van der Waals surface area contributed by atoms with Crippen molar-refractivity contribution in [3.8, 4) is 0 Å². The molecule has 0 spiro atoms. The molecular formula is C13H14ClNO2. The number of halogens is 1. The van der Waals surface area contributed by atoms with Crippen LogP contribution in [0.4, 0.5) is 5.69 Å². The van der Waals surface area contributed by atoms with E-state index in [9.17, 15) is 4.79 Å². The Bertz CT molecular complexity index is 482. The fraction of sp³-hybridized carbons (Fsp3) is 0.308. The highest BCUT2D eigenvalue weighted by molar-refractivity contribution is 6.31. The van der Waals surface area contributed by atoms with E-state index in [1.165, 1.54) is 0 Å². The second kappa shape index (κ2) is 4.80. The monoisotopic (exact) mass is 251 g/mol. The van der Waals surface area contributed by atoms with Crippen molar-refractivity contribution in [1.29, 1.82) is 0 Å². The average molecular weight is 252 g/mol. The summed E-state index contributed by atoms with van der Waals surface area (Å²) in [4.78, 5) is 13.0. The minimum absolute atomic E-state index is 0.501. The van der Waals surface area contributed by atoms with Crippen LogP contribution in [0.5, 0.6) is 0 Å². The molecule has 1 aliphatic heterocycles. The van der Waals surface area contributed by atoms with Crippen molar-refractivity contribution in [2.45, 2.75) is 13.3 Å². The van der Waals surface area contributed by atoms with Gasteiger partial charge in [0.2, 0.25) is 0 Å². The van der Waals surface area contributed by atoms with E-state index in [-0.39, 0.29) is 0 Å². The van der Waals surface area contributed by atoms with Gasteiger partial charge in [-0.25, -0.2) is 4.79 Å². The van der Waals surface area contributed by atoms with Gasteiger partial charge in [0.25, 0.3) is 0 Å². The van der Waals surface area contributed by atoms with Gasteiger partial charge < -0.3 is 10.0 Å². The summed E-state index contributed by atoms with van der Waals surface area (Å²) in [5, 5.41) is 9.63. The molecule has 0 radical (unpaired) electrons. The van der Waals surface area contributed by atoms with Gasteiger partial charge in [-0.2, -0.15) is 0 Å². The van der Waals surface area contributed by atoms with E-state index in [0.717, 1.165) is 22.8 Å². The largest absolute Gasteiger partial charge is 0.478 e. The SMILES string of the molecule is Cc1c(Cl)cccc1N1CC=C(C(=O)O)CC1. The molecule has 17 heavy (non-hydrogen) atoms. The minimum Gasteiger partial charge on any atom is -0.478 e. The van der Waals surface area contributed by atoms with Crippen LogP contribution in [0, 0.1) is 6.92 Å². The number of hydrogen-bond acceptors (Lipinski definition) is 2. The van der Waals surface area contributed by atoms with Crippen LogP contribution in [0.1, 0.15) is 12.0 Å². The maximum absolute atomic E-state index is 10.8. The Balaban J connectivity index is 2.21. The Morgan fingerprint density at radius 2 is 2.24 bits per heavy atom. The Morgan fingerprint density at radius 1 is 1.47 bits per heavy atom. The highest BCUT2D eigenvalue weighted by Gasteiger charge is 2.17. The third kappa shape index (κ3) is 2.44. The van der Waals surface area contributed by atoms with Gasteiger partial charge >= 0.3 is 5.97 Å². The predicted molar refractivity (Wildman–Crippen MR) is 68.7 cm³/mol. The number of carboxylic acid groups (broad SMARTS) is 1. The zero-order valence-electron chi connectivity index (χ0n) is 9.61. The van der Waals surface area contributed by atoms with Gasteiger partial charge in [0.05, 0.1) is 0 Å². The van der Waals surface area contributed by atoms with Crippen molar-refractivity contribution in [3.63, 3.8) is 0 Å². The number of anilines is 1. The molecule has 0 bridgehead atoms. The fourth-order valence-corrected chi connectivity index (χ4v) is 2.19. The minimum atomic E-state index is -0.813. The highest BCUT2D eigenvalue weighted by Crippen LogP contribution is 2.28. The van der Waals surface area contributed by atoms with Crippen LogP contribution in [0.25, 0.3) is 0 Å². The van der Waals surface area contributed by atoms with E-state index in [0.29, 0.717) is 18.5 Å². The summed E-state index contributed by atoms with van der Waals surface area (Å²) in [6.45, 7) is 3.33. The van der Waals surface area contributed by atoms with Gasteiger partial charge in [-0.05, 0) is 31.0 Å². The van der Waals surface area contributed by atoms with Crippen molar-refractivity contribution < 1.29 is 9.90 Å². The standard InChI is InChI=1S/C13H14ClNO2/c1-9-11(14)3-2-4-12(9)15-7-5-10(6-8-15)13(16)17/h2-5H,6-8H2,1H3,(H,16,17). The molecule has 1 N–H and O–H groups in total. The molecule has 0 unspecified atom stereocenters. The smallest absolute Gasteiger partial charge is 0.331 e. The first kappa shape index (κ1) is 12.0. The topological polar surface area (TPSA) is 40.5 Å². The zero-order valence-corrected chi connectivity index (χ0v) is 10.4. The Labute approximate surface area is 105 Å². The Morgan fingerprint density at radius 3 is 2.82 bits per heavy atom. The third-order valence-electron chi connectivity index (χ3n) is 3.06. The van der Waals surface area contributed by atoms with E-state index >= 15 is 0 Å². The number of hydrogen-bond donors (Lipinski definition) is 1. The predicted octanol–water partition coefficient (Wildman–Crippen LogP) is 2.87. The first-order chi connectivity index (χ1) is 8.09. The summed E-state index contributed by atoms with van der Waals surface area (Å²) >= 11 is 6.08. The lowest BCUT2D eigenvalue weighted by molar-refractivity contribution is -0.132. The van der Waals surface area contributed by atoms with Crippen LogP contribution < -0.4 is 4.90 Å². The molecule has 0 aromatic heterocycles. The number of rotatable bonds is 2. The molecule has 3 nitrogen and oxygen atoms in total. The van der Waals surface area contributed by atoms with Crippen LogP contribution in [0.15, 0.2) is 29.8 Å². The second-order valence-corrected chi connectivity index (χ2v) is 4.52. The van der Waals surface area contributed by atoms with E-state index in [1.54, 1.807) is 6.08 Å². The van der Waals surface area contributed by atoms with Crippen molar-refractivity contribution in [2.75, 3.05) is 18.0 Å². The second-order valence-electron chi connectivity index (χ2n) is 4.11. The molecule has 1 aromatic rings. The van der Waals surface area contributed by atoms with Crippen LogP contribution in [0.2, 0.25) is 5.02 Å². The first-order valence-electron chi connectivity index (χ1n) is 5.52. The summed E-state index contributed by atoms with van der Waals surface area (Å²) in [7, 11) is 0. The summed E-state index contributed by atoms with van der Waals surface area (Å²) in [5.74, 6) is -0.813. The molecule has 1 aromatic carbocycles. The van der Waals surface area contributed by atoms with Gasteiger partial charge in [-0.3, -0.25) is 0 Å². The normalized spacial score (nSPS) is 15.6. The van der Waals surface area contributed by atoms with Crippen LogP contribution >= 0.6 is 11.6 Å². The van der Waals surface area contributed by atoms with E-state index in [1.807, 2.05) is 25.1 Å². The van der Waals surface area contributed by atoms with Crippen molar-refractivity contribution >= 4 is 23.3 Å².